The molecule has 2 nitrogen and oxygen atoms in total. The molecule has 84 valence electrons. The molecule has 0 aliphatic rings. The van der Waals surface area contributed by atoms with Gasteiger partial charge in [0.25, 0.3) is 0 Å². The third-order valence-electron chi connectivity index (χ3n) is 2.12. The lowest BCUT2D eigenvalue weighted by Gasteiger charge is -2.03. The third-order valence-corrected chi connectivity index (χ3v) is 3.52. The average Bonchev–Trinajstić information content (AvgIpc) is 2.20. The van der Waals surface area contributed by atoms with Crippen molar-refractivity contribution in [2.45, 2.75) is 25.5 Å². The van der Waals surface area contributed by atoms with Crippen LogP contribution in [-0.2, 0) is 16.6 Å². The largest absolute Gasteiger partial charge is 0.396 e. The SMILES string of the molecule is CCCCS(=O)Cc1ccc(N)c(F)c1. The number of nitrogen functional groups attached to an aromatic ring is 1. The highest BCUT2D eigenvalue weighted by Gasteiger charge is 2.04. The lowest BCUT2D eigenvalue weighted by molar-refractivity contribution is 0.631. The maximum absolute atomic E-state index is 13.1. The van der Waals surface area contributed by atoms with E-state index in [2.05, 4.69) is 6.92 Å². The smallest absolute Gasteiger partial charge is 0.146 e. The van der Waals surface area contributed by atoms with Crippen molar-refractivity contribution in [1.29, 1.82) is 0 Å². The summed E-state index contributed by atoms with van der Waals surface area (Å²) in [6.45, 7) is 2.06. The summed E-state index contributed by atoms with van der Waals surface area (Å²) in [7, 11) is -0.893. The van der Waals surface area contributed by atoms with E-state index >= 15 is 0 Å². The summed E-state index contributed by atoms with van der Waals surface area (Å²) in [5.74, 6) is 0.666. The van der Waals surface area contributed by atoms with Gasteiger partial charge in [0.05, 0.1) is 5.69 Å². The molecular formula is C11H16FNOS. The van der Waals surface area contributed by atoms with Gasteiger partial charge in [-0.2, -0.15) is 0 Å². The van der Waals surface area contributed by atoms with Gasteiger partial charge < -0.3 is 5.73 Å². The second-order valence-corrected chi connectivity index (χ2v) is 5.07. The standard InChI is InChI=1S/C11H16FNOS/c1-2-3-6-15(14)8-9-4-5-11(13)10(12)7-9/h4-5,7H,2-3,6,8,13H2,1H3. The molecule has 2 N–H and O–H groups in total. The Balaban J connectivity index is 2.57. The van der Waals surface area contributed by atoms with Crippen molar-refractivity contribution in [2.24, 2.45) is 0 Å². The molecule has 0 radical (unpaired) electrons. The number of unbranched alkanes of at least 4 members (excludes halogenated alkanes) is 1. The minimum absolute atomic E-state index is 0.137. The van der Waals surface area contributed by atoms with E-state index in [-0.39, 0.29) is 5.69 Å². The monoisotopic (exact) mass is 229 g/mol. The first-order valence-corrected chi connectivity index (χ1v) is 6.51. The van der Waals surface area contributed by atoms with Gasteiger partial charge in [-0.3, -0.25) is 4.21 Å². The molecule has 0 bridgehead atoms. The van der Waals surface area contributed by atoms with Crippen molar-refractivity contribution in [1.82, 2.24) is 0 Å². The van der Waals surface area contributed by atoms with Crippen LogP contribution in [0.2, 0.25) is 0 Å². The van der Waals surface area contributed by atoms with Gasteiger partial charge in [-0.05, 0) is 24.1 Å². The summed E-state index contributed by atoms with van der Waals surface area (Å²) in [6.07, 6.45) is 1.98. The molecule has 1 atom stereocenters. The first-order valence-electron chi connectivity index (χ1n) is 5.02. The molecule has 0 spiro atoms. The molecule has 0 aliphatic heterocycles. The number of hydrogen-bond acceptors (Lipinski definition) is 2. The number of anilines is 1. The van der Waals surface area contributed by atoms with Crippen LogP contribution >= 0.6 is 0 Å². The zero-order valence-electron chi connectivity index (χ0n) is 8.83. The Morgan fingerprint density at radius 1 is 1.47 bits per heavy atom. The Labute approximate surface area is 92.1 Å². The van der Waals surface area contributed by atoms with Crippen LogP contribution in [0, 0.1) is 5.82 Å². The number of rotatable bonds is 5. The van der Waals surface area contributed by atoms with Crippen molar-refractivity contribution in [3.8, 4) is 0 Å². The van der Waals surface area contributed by atoms with Gasteiger partial charge in [0.15, 0.2) is 0 Å². The van der Waals surface area contributed by atoms with E-state index in [4.69, 9.17) is 5.73 Å². The molecule has 0 saturated carbocycles. The first-order chi connectivity index (χ1) is 7.13. The van der Waals surface area contributed by atoms with E-state index in [0.29, 0.717) is 11.5 Å². The van der Waals surface area contributed by atoms with E-state index in [1.807, 2.05) is 0 Å². The van der Waals surface area contributed by atoms with Crippen molar-refractivity contribution in [3.63, 3.8) is 0 Å². The lowest BCUT2D eigenvalue weighted by Crippen LogP contribution is -2.01. The molecule has 1 unspecified atom stereocenters. The Morgan fingerprint density at radius 2 is 2.20 bits per heavy atom. The molecule has 0 aliphatic carbocycles. The Morgan fingerprint density at radius 3 is 2.80 bits per heavy atom. The zero-order chi connectivity index (χ0) is 11.3. The van der Waals surface area contributed by atoms with E-state index in [1.54, 1.807) is 6.07 Å². The fourth-order valence-corrected chi connectivity index (χ4v) is 2.53. The molecule has 0 aromatic heterocycles. The summed E-state index contributed by atoms with van der Waals surface area (Å²) in [4.78, 5) is 0. The van der Waals surface area contributed by atoms with Gasteiger partial charge in [0, 0.05) is 22.3 Å². The minimum atomic E-state index is -0.893. The van der Waals surface area contributed by atoms with Gasteiger partial charge >= 0.3 is 0 Å². The fourth-order valence-electron chi connectivity index (χ4n) is 1.22. The summed E-state index contributed by atoms with van der Waals surface area (Å²) < 4.78 is 24.6. The predicted molar refractivity (Wildman–Crippen MR) is 62.4 cm³/mol. The van der Waals surface area contributed by atoms with Crippen LogP contribution in [-0.4, -0.2) is 9.96 Å². The number of benzene rings is 1. The van der Waals surface area contributed by atoms with Crippen molar-refractivity contribution in [2.75, 3.05) is 11.5 Å². The van der Waals surface area contributed by atoms with Gasteiger partial charge in [0.2, 0.25) is 0 Å². The van der Waals surface area contributed by atoms with Gasteiger partial charge in [-0.15, -0.1) is 0 Å². The van der Waals surface area contributed by atoms with E-state index in [9.17, 15) is 8.60 Å². The zero-order valence-corrected chi connectivity index (χ0v) is 9.65. The van der Waals surface area contributed by atoms with Crippen LogP contribution in [0.25, 0.3) is 0 Å². The van der Waals surface area contributed by atoms with Crippen LogP contribution in [0.4, 0.5) is 10.1 Å². The lowest BCUT2D eigenvalue weighted by atomic mass is 10.2. The molecule has 1 aromatic rings. The Kier molecular flexibility index (Phi) is 4.75. The first kappa shape index (κ1) is 12.2. The number of nitrogens with two attached hydrogens (primary N) is 1. The van der Waals surface area contributed by atoms with Gasteiger partial charge in [0.1, 0.15) is 5.82 Å². The Hall–Kier alpha value is -0.900. The quantitative estimate of drug-likeness (QED) is 0.788. The highest BCUT2D eigenvalue weighted by atomic mass is 32.2. The van der Waals surface area contributed by atoms with Crippen molar-refractivity contribution >= 4 is 16.5 Å². The topological polar surface area (TPSA) is 43.1 Å². The van der Waals surface area contributed by atoms with Crippen molar-refractivity contribution < 1.29 is 8.60 Å². The summed E-state index contributed by atoms with van der Waals surface area (Å²) in [6, 6.07) is 4.60. The van der Waals surface area contributed by atoms with Gasteiger partial charge in [-0.1, -0.05) is 19.4 Å². The maximum Gasteiger partial charge on any atom is 0.146 e. The summed E-state index contributed by atoms with van der Waals surface area (Å²) in [5, 5.41) is 0. The van der Waals surface area contributed by atoms with Crippen LogP contribution in [0.5, 0.6) is 0 Å². The number of halogens is 1. The molecule has 1 rings (SSSR count). The van der Waals surface area contributed by atoms with E-state index in [0.717, 1.165) is 18.4 Å². The highest BCUT2D eigenvalue weighted by Crippen LogP contribution is 2.13. The molecule has 1 aromatic carbocycles. The van der Waals surface area contributed by atoms with Crippen LogP contribution in [0.15, 0.2) is 18.2 Å². The highest BCUT2D eigenvalue weighted by molar-refractivity contribution is 7.84. The summed E-state index contributed by atoms with van der Waals surface area (Å²) in [5.41, 5.74) is 6.23. The summed E-state index contributed by atoms with van der Waals surface area (Å²) >= 11 is 0. The maximum atomic E-state index is 13.1. The average molecular weight is 229 g/mol. The second kappa shape index (κ2) is 5.85. The van der Waals surface area contributed by atoms with Crippen LogP contribution in [0.3, 0.4) is 0 Å². The second-order valence-electron chi connectivity index (χ2n) is 3.50. The predicted octanol–water partition coefficient (Wildman–Crippen LogP) is 2.46. The normalized spacial score (nSPS) is 12.7. The molecule has 0 saturated heterocycles. The fraction of sp³-hybridized carbons (Fsp3) is 0.455. The number of hydrogen-bond donors (Lipinski definition) is 1. The van der Waals surface area contributed by atoms with Crippen LogP contribution in [0.1, 0.15) is 25.3 Å². The van der Waals surface area contributed by atoms with Crippen molar-refractivity contribution in [3.05, 3.63) is 29.6 Å². The van der Waals surface area contributed by atoms with E-state index in [1.165, 1.54) is 12.1 Å². The van der Waals surface area contributed by atoms with E-state index < -0.39 is 16.6 Å². The minimum Gasteiger partial charge on any atom is -0.396 e. The molecule has 0 heterocycles. The third kappa shape index (κ3) is 4.00. The molecule has 0 amide bonds. The molecular weight excluding hydrogens is 213 g/mol. The molecule has 15 heavy (non-hydrogen) atoms. The van der Waals surface area contributed by atoms with Crippen LogP contribution < -0.4 is 5.73 Å². The molecule has 4 heteroatoms. The van der Waals surface area contributed by atoms with Gasteiger partial charge in [-0.25, -0.2) is 4.39 Å². The molecule has 0 fully saturated rings. The Bertz CT molecular complexity index is 354.